The molecule has 1 aliphatic carbocycles. The summed E-state index contributed by atoms with van der Waals surface area (Å²) in [5.41, 5.74) is 2.31. The summed E-state index contributed by atoms with van der Waals surface area (Å²) in [6.07, 6.45) is 1.55. The van der Waals surface area contributed by atoms with Crippen molar-refractivity contribution in [3.63, 3.8) is 0 Å². The van der Waals surface area contributed by atoms with Crippen LogP contribution >= 0.6 is 15.9 Å². The van der Waals surface area contributed by atoms with Gasteiger partial charge in [0.25, 0.3) is 0 Å². The molecule has 0 spiro atoms. The molecule has 0 bridgehead atoms. The van der Waals surface area contributed by atoms with Crippen LogP contribution in [0.5, 0.6) is 5.75 Å². The third-order valence-corrected chi connectivity index (χ3v) is 3.89. The van der Waals surface area contributed by atoms with Crippen LogP contribution in [0, 0.1) is 11.6 Å². The van der Waals surface area contributed by atoms with Crippen LogP contribution in [-0.2, 0) is 6.42 Å². The van der Waals surface area contributed by atoms with E-state index in [9.17, 15) is 8.78 Å². The minimum atomic E-state index is -0.684. The van der Waals surface area contributed by atoms with E-state index in [-0.39, 0.29) is 11.9 Å². The number of hydrogen-bond acceptors (Lipinski definition) is 1. The summed E-state index contributed by atoms with van der Waals surface area (Å²) in [7, 11) is 0. The maximum atomic E-state index is 13.7. The van der Waals surface area contributed by atoms with E-state index in [1.54, 1.807) is 0 Å². The zero-order chi connectivity index (χ0) is 13.4. The zero-order valence-electron chi connectivity index (χ0n) is 10.00. The molecule has 0 heterocycles. The van der Waals surface area contributed by atoms with Crippen molar-refractivity contribution in [3.8, 4) is 5.75 Å². The van der Waals surface area contributed by atoms with Gasteiger partial charge in [0, 0.05) is 6.07 Å². The molecule has 0 radical (unpaired) electrons. The molecule has 3 rings (SSSR count). The summed E-state index contributed by atoms with van der Waals surface area (Å²) in [6.45, 7) is 0. The van der Waals surface area contributed by atoms with Gasteiger partial charge in [-0.2, -0.15) is 0 Å². The molecule has 0 fully saturated rings. The largest absolute Gasteiger partial charge is 0.481 e. The molecule has 0 saturated heterocycles. The lowest BCUT2D eigenvalue weighted by Gasteiger charge is -2.16. The van der Waals surface area contributed by atoms with Gasteiger partial charge >= 0.3 is 0 Å². The Morgan fingerprint density at radius 2 is 1.95 bits per heavy atom. The zero-order valence-corrected chi connectivity index (χ0v) is 11.6. The van der Waals surface area contributed by atoms with Gasteiger partial charge in [-0.25, -0.2) is 8.78 Å². The number of rotatable bonds is 2. The fourth-order valence-electron chi connectivity index (χ4n) is 2.42. The van der Waals surface area contributed by atoms with Gasteiger partial charge in [-0.1, -0.05) is 24.3 Å². The Morgan fingerprint density at radius 1 is 1.16 bits per heavy atom. The van der Waals surface area contributed by atoms with Gasteiger partial charge in [0.1, 0.15) is 11.9 Å². The molecule has 2 aromatic rings. The minimum absolute atomic E-state index is 0.0723. The van der Waals surface area contributed by atoms with Crippen molar-refractivity contribution in [2.75, 3.05) is 0 Å². The highest BCUT2D eigenvalue weighted by Crippen LogP contribution is 2.38. The van der Waals surface area contributed by atoms with Crippen LogP contribution in [0.4, 0.5) is 8.78 Å². The van der Waals surface area contributed by atoms with E-state index >= 15 is 0 Å². The molecule has 4 heteroatoms. The standard InChI is InChI=1S/C15H11BrF2O/c16-12-7-10(17)8-13(18)15(12)19-14-6-5-9-3-1-2-4-11(9)14/h1-4,7-8,14H,5-6H2/t14-/m0/s1. The fraction of sp³-hybridized carbons (Fsp3) is 0.200. The maximum absolute atomic E-state index is 13.7. The summed E-state index contributed by atoms with van der Waals surface area (Å²) in [5, 5.41) is 0. The molecule has 19 heavy (non-hydrogen) atoms. The topological polar surface area (TPSA) is 9.23 Å². The molecule has 0 saturated carbocycles. The second-order valence-corrected chi connectivity index (χ2v) is 5.40. The SMILES string of the molecule is Fc1cc(F)c(O[C@H]2CCc3ccccc32)c(Br)c1. The molecule has 0 amide bonds. The molecular weight excluding hydrogens is 314 g/mol. The maximum Gasteiger partial charge on any atom is 0.170 e. The number of aryl methyl sites for hydroxylation is 1. The monoisotopic (exact) mass is 324 g/mol. The molecule has 1 aliphatic rings. The highest BCUT2D eigenvalue weighted by atomic mass is 79.9. The predicted octanol–water partition coefficient (Wildman–Crippen LogP) is 4.79. The first-order valence-electron chi connectivity index (χ1n) is 6.04. The molecule has 98 valence electrons. The Labute approximate surface area is 118 Å². The van der Waals surface area contributed by atoms with E-state index < -0.39 is 11.6 Å². The number of halogens is 3. The lowest BCUT2D eigenvalue weighted by Crippen LogP contribution is -2.05. The average molecular weight is 325 g/mol. The predicted molar refractivity (Wildman–Crippen MR) is 72.2 cm³/mol. The van der Waals surface area contributed by atoms with Crippen molar-refractivity contribution in [2.24, 2.45) is 0 Å². The first-order valence-corrected chi connectivity index (χ1v) is 6.83. The van der Waals surface area contributed by atoms with Gasteiger partial charge in [0.15, 0.2) is 11.6 Å². The van der Waals surface area contributed by atoms with E-state index in [0.29, 0.717) is 4.47 Å². The Morgan fingerprint density at radius 3 is 2.74 bits per heavy atom. The van der Waals surface area contributed by atoms with E-state index in [1.807, 2.05) is 18.2 Å². The Kier molecular flexibility index (Phi) is 3.27. The summed E-state index contributed by atoms with van der Waals surface area (Å²) in [4.78, 5) is 0. The van der Waals surface area contributed by atoms with E-state index in [2.05, 4.69) is 22.0 Å². The quantitative estimate of drug-likeness (QED) is 0.771. The lowest BCUT2D eigenvalue weighted by molar-refractivity contribution is 0.196. The van der Waals surface area contributed by atoms with Crippen molar-refractivity contribution in [1.82, 2.24) is 0 Å². The molecule has 2 aromatic carbocycles. The number of ether oxygens (including phenoxy) is 1. The van der Waals surface area contributed by atoms with Gasteiger partial charge in [-0.05, 0) is 46.0 Å². The van der Waals surface area contributed by atoms with E-state index in [0.717, 1.165) is 24.5 Å². The third-order valence-electron chi connectivity index (χ3n) is 3.30. The first kappa shape index (κ1) is 12.6. The van der Waals surface area contributed by atoms with Gasteiger partial charge in [-0.15, -0.1) is 0 Å². The van der Waals surface area contributed by atoms with Gasteiger partial charge in [0.2, 0.25) is 0 Å². The van der Waals surface area contributed by atoms with Crippen LogP contribution in [0.25, 0.3) is 0 Å². The summed E-state index contributed by atoms with van der Waals surface area (Å²) < 4.78 is 32.8. The number of benzene rings is 2. The molecule has 0 aromatic heterocycles. The van der Waals surface area contributed by atoms with Crippen molar-refractivity contribution < 1.29 is 13.5 Å². The second-order valence-electron chi connectivity index (χ2n) is 4.54. The number of fused-ring (bicyclic) bond motifs is 1. The molecule has 1 nitrogen and oxygen atoms in total. The lowest BCUT2D eigenvalue weighted by atomic mass is 10.1. The molecule has 1 atom stereocenters. The van der Waals surface area contributed by atoms with Crippen molar-refractivity contribution >= 4 is 15.9 Å². The minimum Gasteiger partial charge on any atom is -0.481 e. The van der Waals surface area contributed by atoms with Crippen LogP contribution in [0.1, 0.15) is 23.7 Å². The Balaban J connectivity index is 1.92. The third kappa shape index (κ3) is 2.37. The molecule has 0 unspecified atom stereocenters. The van der Waals surface area contributed by atoms with Crippen molar-refractivity contribution in [3.05, 3.63) is 63.6 Å². The molecule has 0 aliphatic heterocycles. The van der Waals surface area contributed by atoms with E-state index in [4.69, 9.17) is 4.74 Å². The van der Waals surface area contributed by atoms with Crippen LogP contribution in [0.2, 0.25) is 0 Å². The summed E-state index contributed by atoms with van der Waals surface area (Å²) >= 11 is 3.14. The number of hydrogen-bond donors (Lipinski definition) is 0. The van der Waals surface area contributed by atoms with Crippen LogP contribution in [0.3, 0.4) is 0 Å². The van der Waals surface area contributed by atoms with Crippen LogP contribution in [0.15, 0.2) is 40.9 Å². The Bertz CT molecular complexity index is 604. The van der Waals surface area contributed by atoms with Crippen molar-refractivity contribution in [2.45, 2.75) is 18.9 Å². The smallest absolute Gasteiger partial charge is 0.170 e. The highest BCUT2D eigenvalue weighted by Gasteiger charge is 2.25. The van der Waals surface area contributed by atoms with Gasteiger partial charge in [-0.3, -0.25) is 0 Å². The van der Waals surface area contributed by atoms with E-state index in [1.165, 1.54) is 11.6 Å². The van der Waals surface area contributed by atoms with Crippen LogP contribution < -0.4 is 4.74 Å². The molecule has 0 N–H and O–H groups in total. The first-order chi connectivity index (χ1) is 9.15. The molecular formula is C15H11BrF2O. The highest BCUT2D eigenvalue weighted by molar-refractivity contribution is 9.10. The Hall–Kier alpha value is -1.42. The second kappa shape index (κ2) is 4.93. The normalized spacial score (nSPS) is 17.3. The van der Waals surface area contributed by atoms with Gasteiger partial charge in [0.05, 0.1) is 4.47 Å². The average Bonchev–Trinajstić information content (AvgIpc) is 2.77. The van der Waals surface area contributed by atoms with Gasteiger partial charge < -0.3 is 4.74 Å². The van der Waals surface area contributed by atoms with Crippen molar-refractivity contribution in [1.29, 1.82) is 0 Å². The van der Waals surface area contributed by atoms with Crippen LogP contribution in [-0.4, -0.2) is 0 Å². The fourth-order valence-corrected chi connectivity index (χ4v) is 2.93. The summed E-state index contributed by atoms with van der Waals surface area (Å²) in [5.74, 6) is -1.23. The summed E-state index contributed by atoms with van der Waals surface area (Å²) in [6, 6.07) is 10.0.